The highest BCUT2D eigenvalue weighted by atomic mass is 16.1. The quantitative estimate of drug-likeness (QED) is 0.773. The Labute approximate surface area is 166 Å². The van der Waals surface area contributed by atoms with Gasteiger partial charge in [-0.25, -0.2) is 9.97 Å². The number of likely N-dealkylation sites (tertiary alicyclic amines) is 1. The average Bonchev–Trinajstić information content (AvgIpc) is 2.77. The van der Waals surface area contributed by atoms with Crippen molar-refractivity contribution in [1.82, 2.24) is 25.2 Å². The SMILES string of the molecule is O=C(NCCCN1CCCCC1)C1CCN(c2ccc3nccnc3n2)CC1. The zero-order valence-electron chi connectivity index (χ0n) is 16.5. The van der Waals surface area contributed by atoms with Crippen LogP contribution in [0.2, 0.25) is 0 Å². The van der Waals surface area contributed by atoms with Crippen LogP contribution in [0.4, 0.5) is 5.82 Å². The third-order valence-electron chi connectivity index (χ3n) is 5.91. The van der Waals surface area contributed by atoms with Crippen LogP contribution in [0.5, 0.6) is 0 Å². The van der Waals surface area contributed by atoms with E-state index < -0.39 is 0 Å². The predicted octanol–water partition coefficient (Wildman–Crippen LogP) is 2.23. The van der Waals surface area contributed by atoms with E-state index in [-0.39, 0.29) is 11.8 Å². The van der Waals surface area contributed by atoms with Gasteiger partial charge in [0, 0.05) is 37.9 Å². The number of aromatic nitrogens is 3. The van der Waals surface area contributed by atoms with Gasteiger partial charge in [-0.1, -0.05) is 6.42 Å². The van der Waals surface area contributed by atoms with E-state index in [1.165, 1.54) is 32.4 Å². The molecule has 2 aromatic rings. The molecule has 7 nitrogen and oxygen atoms in total. The Morgan fingerprint density at radius 1 is 1.04 bits per heavy atom. The Morgan fingerprint density at radius 3 is 2.64 bits per heavy atom. The highest BCUT2D eigenvalue weighted by Gasteiger charge is 2.25. The Bertz CT molecular complexity index is 783. The molecule has 0 aromatic carbocycles. The van der Waals surface area contributed by atoms with Crippen molar-refractivity contribution in [1.29, 1.82) is 0 Å². The van der Waals surface area contributed by atoms with Crippen molar-refractivity contribution in [3.63, 3.8) is 0 Å². The number of carbonyl (C=O) groups excluding carboxylic acids is 1. The normalized spacial score (nSPS) is 19.1. The molecule has 1 N–H and O–H groups in total. The lowest BCUT2D eigenvalue weighted by atomic mass is 9.96. The summed E-state index contributed by atoms with van der Waals surface area (Å²) in [5, 5.41) is 3.15. The Kier molecular flexibility index (Phi) is 6.31. The van der Waals surface area contributed by atoms with Gasteiger partial charge < -0.3 is 15.1 Å². The number of hydrogen-bond acceptors (Lipinski definition) is 6. The largest absolute Gasteiger partial charge is 0.356 e. The fraction of sp³-hybridized carbons (Fsp3) is 0.619. The lowest BCUT2D eigenvalue weighted by Crippen LogP contribution is -2.41. The molecular weight excluding hydrogens is 352 g/mol. The highest BCUT2D eigenvalue weighted by Crippen LogP contribution is 2.23. The molecular formula is C21H30N6O. The van der Waals surface area contributed by atoms with Gasteiger partial charge in [-0.3, -0.25) is 9.78 Å². The standard InChI is InChI=1S/C21H30N6O/c28-21(24-9-4-14-26-12-2-1-3-13-26)17-7-15-27(16-8-17)19-6-5-18-20(25-19)23-11-10-22-18/h5-6,10-11,17H,1-4,7-9,12-16H2,(H,24,28). The van der Waals surface area contributed by atoms with Crippen LogP contribution >= 0.6 is 0 Å². The first kappa shape index (κ1) is 19.1. The van der Waals surface area contributed by atoms with Gasteiger partial charge in [0.05, 0.1) is 0 Å². The number of piperidine rings is 2. The number of carbonyl (C=O) groups is 1. The van der Waals surface area contributed by atoms with Gasteiger partial charge in [-0.2, -0.15) is 0 Å². The molecule has 2 aliphatic rings. The molecule has 0 saturated carbocycles. The van der Waals surface area contributed by atoms with Crippen molar-refractivity contribution in [2.75, 3.05) is 44.2 Å². The van der Waals surface area contributed by atoms with Crippen molar-refractivity contribution in [2.24, 2.45) is 5.92 Å². The van der Waals surface area contributed by atoms with Crippen molar-refractivity contribution in [2.45, 2.75) is 38.5 Å². The van der Waals surface area contributed by atoms with E-state index in [9.17, 15) is 4.79 Å². The molecule has 0 atom stereocenters. The number of amides is 1. The maximum atomic E-state index is 12.5. The first-order chi connectivity index (χ1) is 13.8. The fourth-order valence-corrected chi connectivity index (χ4v) is 4.23. The Morgan fingerprint density at radius 2 is 1.82 bits per heavy atom. The molecule has 2 aliphatic heterocycles. The number of anilines is 1. The molecule has 2 fully saturated rings. The third-order valence-corrected chi connectivity index (χ3v) is 5.91. The smallest absolute Gasteiger partial charge is 0.223 e. The van der Waals surface area contributed by atoms with Crippen LogP contribution < -0.4 is 10.2 Å². The maximum absolute atomic E-state index is 12.5. The van der Waals surface area contributed by atoms with Gasteiger partial charge in [-0.15, -0.1) is 0 Å². The van der Waals surface area contributed by atoms with Crippen molar-refractivity contribution in [3.8, 4) is 0 Å². The molecule has 0 unspecified atom stereocenters. The second kappa shape index (κ2) is 9.28. The fourth-order valence-electron chi connectivity index (χ4n) is 4.23. The van der Waals surface area contributed by atoms with Gasteiger partial charge in [-0.05, 0) is 63.9 Å². The van der Waals surface area contributed by atoms with Crippen LogP contribution in [0.1, 0.15) is 38.5 Å². The topological polar surface area (TPSA) is 74.2 Å². The number of nitrogens with zero attached hydrogens (tertiary/aromatic N) is 5. The average molecular weight is 383 g/mol. The molecule has 1 amide bonds. The van der Waals surface area contributed by atoms with Crippen molar-refractivity contribution < 1.29 is 4.79 Å². The number of pyridine rings is 1. The second-order valence-corrected chi connectivity index (χ2v) is 7.88. The monoisotopic (exact) mass is 382 g/mol. The molecule has 28 heavy (non-hydrogen) atoms. The van der Waals surface area contributed by atoms with E-state index in [0.29, 0.717) is 5.65 Å². The van der Waals surface area contributed by atoms with Gasteiger partial charge in [0.25, 0.3) is 0 Å². The van der Waals surface area contributed by atoms with E-state index in [0.717, 1.165) is 56.8 Å². The molecule has 4 heterocycles. The zero-order valence-corrected chi connectivity index (χ0v) is 16.5. The van der Waals surface area contributed by atoms with Crippen LogP contribution in [0, 0.1) is 5.92 Å². The third kappa shape index (κ3) is 4.76. The molecule has 7 heteroatoms. The van der Waals surface area contributed by atoms with Crippen molar-refractivity contribution in [3.05, 3.63) is 24.5 Å². The van der Waals surface area contributed by atoms with Gasteiger partial charge >= 0.3 is 0 Å². The minimum absolute atomic E-state index is 0.117. The molecule has 0 spiro atoms. The zero-order chi connectivity index (χ0) is 19.2. The molecule has 0 aliphatic carbocycles. The highest BCUT2D eigenvalue weighted by molar-refractivity contribution is 5.79. The van der Waals surface area contributed by atoms with Gasteiger partial charge in [0.15, 0.2) is 5.65 Å². The van der Waals surface area contributed by atoms with E-state index in [4.69, 9.17) is 0 Å². The summed E-state index contributed by atoms with van der Waals surface area (Å²) >= 11 is 0. The van der Waals surface area contributed by atoms with E-state index >= 15 is 0 Å². The first-order valence-electron chi connectivity index (χ1n) is 10.6. The van der Waals surface area contributed by atoms with Crippen molar-refractivity contribution >= 4 is 22.9 Å². The van der Waals surface area contributed by atoms with Crippen LogP contribution in [-0.4, -0.2) is 65.0 Å². The Balaban J connectivity index is 1.20. The summed E-state index contributed by atoms with van der Waals surface area (Å²) in [6.45, 7) is 6.05. The number of rotatable bonds is 6. The number of nitrogens with one attached hydrogen (secondary N) is 1. The number of hydrogen-bond donors (Lipinski definition) is 1. The lowest BCUT2D eigenvalue weighted by Gasteiger charge is -2.32. The second-order valence-electron chi connectivity index (χ2n) is 7.88. The van der Waals surface area contributed by atoms with Gasteiger partial charge in [0.2, 0.25) is 5.91 Å². The summed E-state index contributed by atoms with van der Waals surface area (Å²) in [6.07, 6.45) is 10.2. The summed E-state index contributed by atoms with van der Waals surface area (Å²) in [6, 6.07) is 3.96. The van der Waals surface area contributed by atoms with Crippen LogP contribution in [0.15, 0.2) is 24.5 Å². The number of fused-ring (bicyclic) bond motifs is 1. The minimum Gasteiger partial charge on any atom is -0.356 e. The van der Waals surface area contributed by atoms with Gasteiger partial charge in [0.1, 0.15) is 11.3 Å². The predicted molar refractivity (Wildman–Crippen MR) is 110 cm³/mol. The van der Waals surface area contributed by atoms with E-state index in [1.54, 1.807) is 12.4 Å². The van der Waals surface area contributed by atoms with Crippen LogP contribution in [0.25, 0.3) is 11.2 Å². The van der Waals surface area contributed by atoms with Crippen LogP contribution in [0.3, 0.4) is 0 Å². The molecule has 0 radical (unpaired) electrons. The molecule has 0 bridgehead atoms. The summed E-state index contributed by atoms with van der Waals surface area (Å²) < 4.78 is 0. The summed E-state index contributed by atoms with van der Waals surface area (Å²) in [7, 11) is 0. The molecule has 2 saturated heterocycles. The summed E-state index contributed by atoms with van der Waals surface area (Å²) in [5.41, 5.74) is 1.48. The van der Waals surface area contributed by atoms with E-state index in [1.807, 2.05) is 12.1 Å². The lowest BCUT2D eigenvalue weighted by molar-refractivity contribution is -0.125. The maximum Gasteiger partial charge on any atom is 0.223 e. The first-order valence-corrected chi connectivity index (χ1v) is 10.6. The van der Waals surface area contributed by atoms with Crippen LogP contribution in [-0.2, 0) is 4.79 Å². The summed E-state index contributed by atoms with van der Waals surface area (Å²) in [5.74, 6) is 1.26. The van der Waals surface area contributed by atoms with E-state index in [2.05, 4.69) is 30.1 Å². The molecule has 150 valence electrons. The molecule has 4 rings (SSSR count). The molecule has 2 aromatic heterocycles. The minimum atomic E-state index is 0.117. The Hall–Kier alpha value is -2.28. The summed E-state index contributed by atoms with van der Waals surface area (Å²) in [4.78, 5) is 30.4.